The van der Waals surface area contributed by atoms with Gasteiger partial charge in [-0.3, -0.25) is 4.79 Å². The molecule has 1 saturated carbocycles. The van der Waals surface area contributed by atoms with Crippen molar-refractivity contribution < 1.29 is 24.2 Å². The molecule has 0 atom stereocenters. The van der Waals surface area contributed by atoms with E-state index in [-0.39, 0.29) is 24.7 Å². The molecule has 0 bridgehead atoms. The minimum absolute atomic E-state index is 0.0148. The van der Waals surface area contributed by atoms with E-state index in [0.29, 0.717) is 18.9 Å². The molecular weight excluding hydrogens is 470 g/mol. The summed E-state index contributed by atoms with van der Waals surface area (Å²) < 4.78 is 13.3. The number of anilines is 1. The van der Waals surface area contributed by atoms with Crippen molar-refractivity contribution >= 4 is 22.5 Å². The van der Waals surface area contributed by atoms with Crippen LogP contribution in [0.4, 0.5) is 5.69 Å². The third kappa shape index (κ3) is 5.32. The number of hydrogen-bond acceptors (Lipinski definition) is 6. The topological polar surface area (TPSA) is 94.0 Å². The average molecular weight is 508 g/mol. The summed E-state index contributed by atoms with van der Waals surface area (Å²) in [6, 6.07) is 14.3. The summed E-state index contributed by atoms with van der Waals surface area (Å²) in [5, 5.41) is 13.1. The van der Waals surface area contributed by atoms with Gasteiger partial charge in [0.1, 0.15) is 0 Å². The lowest BCUT2D eigenvalue weighted by Gasteiger charge is -2.22. The van der Waals surface area contributed by atoms with Crippen LogP contribution in [0.1, 0.15) is 57.7 Å². The van der Waals surface area contributed by atoms with Crippen LogP contribution in [0.5, 0.6) is 11.5 Å². The monoisotopic (exact) mass is 507 g/mol. The van der Waals surface area contributed by atoms with Crippen LogP contribution in [0.25, 0.3) is 10.9 Å². The Morgan fingerprint density at radius 3 is 2.65 bits per heavy atom. The van der Waals surface area contributed by atoms with Crippen molar-refractivity contribution in [3.8, 4) is 11.5 Å². The van der Waals surface area contributed by atoms with Crippen LogP contribution in [0, 0.1) is 0 Å². The fourth-order valence-electron chi connectivity index (χ4n) is 5.06. The largest absolute Gasteiger partial charge is 0.454 e. The Kier molecular flexibility index (Phi) is 7.16. The maximum atomic E-state index is 13.4. The quantitative estimate of drug-likeness (QED) is 0.259. The number of ether oxygens (including phenoxy) is 2. The van der Waals surface area contributed by atoms with Gasteiger partial charge < -0.3 is 29.3 Å². The van der Waals surface area contributed by atoms with Crippen molar-refractivity contribution in [1.82, 2.24) is 10.0 Å². The van der Waals surface area contributed by atoms with Gasteiger partial charge >= 0.3 is 0 Å². The zero-order valence-corrected chi connectivity index (χ0v) is 21.9. The van der Waals surface area contributed by atoms with Crippen LogP contribution in [-0.2, 0) is 27.0 Å². The van der Waals surface area contributed by atoms with Gasteiger partial charge in [0.25, 0.3) is 0 Å². The molecule has 0 saturated heterocycles. The summed E-state index contributed by atoms with van der Waals surface area (Å²) in [6.07, 6.45) is 3.54. The van der Waals surface area contributed by atoms with Crippen molar-refractivity contribution in [1.29, 1.82) is 0 Å². The van der Waals surface area contributed by atoms with E-state index < -0.39 is 5.41 Å². The molecule has 1 amide bonds. The molecule has 2 aliphatic rings. The Hall–Kier alpha value is -3.07. The molecule has 3 aromatic rings. The van der Waals surface area contributed by atoms with Gasteiger partial charge in [0, 0.05) is 40.8 Å². The second kappa shape index (κ2) is 10.4. The molecule has 0 spiro atoms. The first kappa shape index (κ1) is 25.6. The molecule has 8 heteroatoms. The second-order valence-corrected chi connectivity index (χ2v) is 11.0. The molecule has 0 radical (unpaired) electrons. The van der Waals surface area contributed by atoms with Crippen LogP contribution in [0.3, 0.4) is 0 Å². The average Bonchev–Trinajstić information content (AvgIpc) is 3.40. The molecule has 2 heterocycles. The molecule has 5 rings (SSSR count). The highest BCUT2D eigenvalue weighted by molar-refractivity contribution is 6.02. The Balaban J connectivity index is 1.30. The Morgan fingerprint density at radius 1 is 1.08 bits per heavy atom. The number of aromatic nitrogens is 1. The Labute approximate surface area is 217 Å². The normalized spacial score (nSPS) is 15.8. The van der Waals surface area contributed by atoms with Crippen LogP contribution in [0.15, 0.2) is 42.5 Å². The van der Waals surface area contributed by atoms with E-state index in [9.17, 15) is 4.79 Å². The fraction of sp³-hybridized carbons (Fsp3) is 0.483. The van der Waals surface area contributed by atoms with Crippen LogP contribution in [0.2, 0.25) is 0 Å². The van der Waals surface area contributed by atoms with Crippen molar-refractivity contribution in [3.63, 3.8) is 0 Å². The molecule has 1 aliphatic heterocycles. The van der Waals surface area contributed by atoms with Gasteiger partial charge in [-0.15, -0.1) is 0 Å². The smallest absolute Gasteiger partial charge is 0.235 e. The number of aliphatic hydroxyl groups is 1. The lowest BCUT2D eigenvalue weighted by molar-refractivity contribution is -0.118. The van der Waals surface area contributed by atoms with E-state index in [1.807, 2.05) is 24.3 Å². The zero-order chi connectivity index (χ0) is 26.0. The number of amides is 1. The Morgan fingerprint density at radius 2 is 1.89 bits per heavy atom. The molecule has 37 heavy (non-hydrogen) atoms. The van der Waals surface area contributed by atoms with E-state index in [4.69, 9.17) is 19.4 Å². The van der Waals surface area contributed by atoms with Gasteiger partial charge in [0.2, 0.25) is 12.7 Å². The number of carbonyl (C=O) groups is 1. The van der Waals surface area contributed by atoms with Crippen molar-refractivity contribution in [2.45, 2.75) is 63.8 Å². The number of hydrogen-bond donors (Lipinski definition) is 3. The van der Waals surface area contributed by atoms with Crippen LogP contribution in [-0.4, -0.2) is 42.1 Å². The summed E-state index contributed by atoms with van der Waals surface area (Å²) in [5.41, 5.74) is 6.45. The van der Waals surface area contributed by atoms with E-state index in [0.717, 1.165) is 54.6 Å². The maximum absolute atomic E-state index is 13.4. The predicted octanol–water partition coefficient (Wildman–Crippen LogP) is 4.63. The van der Waals surface area contributed by atoms with E-state index in [2.05, 4.69) is 54.3 Å². The van der Waals surface area contributed by atoms with E-state index in [1.165, 1.54) is 11.2 Å². The van der Waals surface area contributed by atoms with E-state index >= 15 is 0 Å². The lowest BCUT2D eigenvalue weighted by atomic mass is 9.92. The van der Waals surface area contributed by atoms with Gasteiger partial charge in [-0.1, -0.05) is 26.8 Å². The van der Waals surface area contributed by atoms with Gasteiger partial charge in [-0.25, -0.2) is 5.48 Å². The predicted molar refractivity (Wildman–Crippen MR) is 143 cm³/mol. The number of benzene rings is 2. The number of fused-ring (bicyclic) bond motifs is 2. The summed E-state index contributed by atoms with van der Waals surface area (Å²) >= 11 is 0. The lowest BCUT2D eigenvalue weighted by Crippen LogP contribution is -2.27. The van der Waals surface area contributed by atoms with Gasteiger partial charge in [-0.2, -0.15) is 0 Å². The van der Waals surface area contributed by atoms with E-state index in [1.54, 1.807) is 0 Å². The zero-order valence-electron chi connectivity index (χ0n) is 21.9. The van der Waals surface area contributed by atoms with Crippen molar-refractivity contribution in [3.05, 3.63) is 53.7 Å². The molecule has 198 valence electrons. The Bertz CT molecular complexity index is 1270. The first-order chi connectivity index (χ1) is 17.8. The van der Waals surface area contributed by atoms with Crippen LogP contribution >= 0.6 is 0 Å². The first-order valence-electron chi connectivity index (χ1n) is 13.1. The van der Waals surface area contributed by atoms with Crippen LogP contribution < -0.4 is 20.3 Å². The second-order valence-electron chi connectivity index (χ2n) is 11.0. The number of hydroxylamine groups is 1. The molecule has 1 aromatic heterocycles. The summed E-state index contributed by atoms with van der Waals surface area (Å²) in [4.78, 5) is 18.8. The SMILES string of the molecule is CC(C)(C)c1cc2cc(NC(=O)C3(c4ccc5c(c4)OCO5)CC3)ccc2n1CCCCONCCO. The molecular formula is C29H37N3O5. The highest BCUT2D eigenvalue weighted by Gasteiger charge is 2.51. The number of nitrogens with one attached hydrogen (secondary N) is 2. The highest BCUT2D eigenvalue weighted by atomic mass is 16.7. The summed E-state index contributed by atoms with van der Waals surface area (Å²) in [5.74, 6) is 1.47. The fourth-order valence-corrected chi connectivity index (χ4v) is 5.06. The molecule has 0 unspecified atom stereocenters. The summed E-state index contributed by atoms with van der Waals surface area (Å²) in [7, 11) is 0. The number of carbonyl (C=O) groups excluding carboxylic acids is 1. The third-order valence-corrected chi connectivity index (χ3v) is 7.23. The number of unbranched alkanes of at least 4 members (excludes halogenated alkanes) is 1. The van der Waals surface area contributed by atoms with Crippen molar-refractivity contribution in [2.24, 2.45) is 0 Å². The molecule has 1 aliphatic carbocycles. The molecule has 1 fully saturated rings. The maximum Gasteiger partial charge on any atom is 0.235 e. The number of rotatable bonds is 11. The highest BCUT2D eigenvalue weighted by Crippen LogP contribution is 2.51. The minimum Gasteiger partial charge on any atom is -0.454 e. The first-order valence-corrected chi connectivity index (χ1v) is 13.1. The van der Waals surface area contributed by atoms with Gasteiger partial charge in [-0.05, 0) is 67.6 Å². The summed E-state index contributed by atoms with van der Waals surface area (Å²) in [6.45, 7) is 8.90. The third-order valence-electron chi connectivity index (χ3n) is 7.23. The van der Waals surface area contributed by atoms with Gasteiger partial charge in [0.15, 0.2) is 11.5 Å². The minimum atomic E-state index is -0.507. The molecule has 3 N–H and O–H groups in total. The molecule has 2 aromatic carbocycles. The van der Waals surface area contributed by atoms with Gasteiger partial charge in [0.05, 0.1) is 18.6 Å². The number of nitrogens with zero attached hydrogens (tertiary/aromatic N) is 1. The molecule has 8 nitrogen and oxygen atoms in total. The number of aliphatic hydroxyl groups excluding tert-OH is 1. The number of aryl methyl sites for hydroxylation is 1. The standard InChI is InChI=1S/C29H37N3O5/c1-28(2,3)26-17-20-16-22(7-8-23(20)32(26)13-4-5-15-37-30-12-14-33)31-27(34)29(10-11-29)21-6-9-24-25(18-21)36-19-35-24/h6-9,16-18,30,33H,4-5,10-15,19H2,1-3H3,(H,31,34). The van der Waals surface area contributed by atoms with Crippen molar-refractivity contribution in [2.75, 3.05) is 31.9 Å².